The molecular weight excluding hydrogens is 180 g/mol. The SMILES string of the molecule is Cc1cc(C(C)CO)c(O)c(O)c1C. The first-order chi connectivity index (χ1) is 6.49. The largest absolute Gasteiger partial charge is 0.504 e. The summed E-state index contributed by atoms with van der Waals surface area (Å²) in [7, 11) is 0. The summed E-state index contributed by atoms with van der Waals surface area (Å²) in [6, 6.07) is 1.80. The molecule has 0 aliphatic carbocycles. The Morgan fingerprint density at radius 3 is 2.29 bits per heavy atom. The molecule has 0 amide bonds. The standard InChI is InChI=1S/C11H16O3/c1-6-4-9(7(2)5-12)11(14)10(13)8(6)3/h4,7,12-14H,5H2,1-3H3. The lowest BCUT2D eigenvalue weighted by atomic mass is 9.95. The van der Waals surface area contributed by atoms with Gasteiger partial charge in [0, 0.05) is 18.1 Å². The maximum atomic E-state index is 9.64. The molecule has 0 radical (unpaired) electrons. The molecule has 14 heavy (non-hydrogen) atoms. The minimum Gasteiger partial charge on any atom is -0.504 e. The molecule has 3 heteroatoms. The minimum atomic E-state index is -0.166. The highest BCUT2D eigenvalue weighted by molar-refractivity contribution is 5.54. The summed E-state index contributed by atoms with van der Waals surface area (Å²) >= 11 is 0. The highest BCUT2D eigenvalue weighted by Crippen LogP contribution is 2.37. The molecule has 1 rings (SSSR count). The van der Waals surface area contributed by atoms with Gasteiger partial charge in [0.15, 0.2) is 11.5 Å². The average molecular weight is 196 g/mol. The summed E-state index contributed by atoms with van der Waals surface area (Å²) in [4.78, 5) is 0. The monoisotopic (exact) mass is 196 g/mol. The molecule has 0 heterocycles. The van der Waals surface area contributed by atoms with Crippen molar-refractivity contribution < 1.29 is 15.3 Å². The zero-order chi connectivity index (χ0) is 10.9. The van der Waals surface area contributed by atoms with Gasteiger partial charge in [0.05, 0.1) is 0 Å². The third kappa shape index (κ3) is 1.68. The van der Waals surface area contributed by atoms with Crippen molar-refractivity contribution in [3.8, 4) is 11.5 Å². The number of hydrogen-bond acceptors (Lipinski definition) is 3. The molecule has 0 bridgehead atoms. The van der Waals surface area contributed by atoms with Crippen LogP contribution in [-0.2, 0) is 0 Å². The minimum absolute atomic E-state index is 0.0461. The predicted octanol–water partition coefficient (Wildman–Crippen LogP) is 1.81. The summed E-state index contributed by atoms with van der Waals surface area (Å²) in [5.74, 6) is -0.366. The number of aromatic hydroxyl groups is 2. The van der Waals surface area contributed by atoms with E-state index in [2.05, 4.69) is 0 Å². The molecule has 0 aliphatic rings. The number of hydrogen-bond donors (Lipinski definition) is 3. The molecule has 0 aliphatic heterocycles. The van der Waals surface area contributed by atoms with Crippen LogP contribution in [0.3, 0.4) is 0 Å². The van der Waals surface area contributed by atoms with Crippen molar-refractivity contribution in [1.82, 2.24) is 0 Å². The van der Waals surface area contributed by atoms with Gasteiger partial charge in [-0.25, -0.2) is 0 Å². The molecule has 1 aromatic carbocycles. The van der Waals surface area contributed by atoms with Crippen molar-refractivity contribution in [3.05, 3.63) is 22.8 Å². The Morgan fingerprint density at radius 2 is 1.79 bits per heavy atom. The van der Waals surface area contributed by atoms with Gasteiger partial charge in [-0.2, -0.15) is 0 Å². The number of aliphatic hydroxyl groups excluding tert-OH is 1. The number of phenolic OH excluding ortho intramolecular Hbond substituents is 2. The number of benzene rings is 1. The summed E-state index contributed by atoms with van der Waals surface area (Å²) in [5.41, 5.74) is 2.18. The zero-order valence-electron chi connectivity index (χ0n) is 8.70. The van der Waals surface area contributed by atoms with Crippen LogP contribution in [0.5, 0.6) is 11.5 Å². The van der Waals surface area contributed by atoms with Crippen molar-refractivity contribution in [2.75, 3.05) is 6.61 Å². The van der Waals surface area contributed by atoms with Gasteiger partial charge in [0.2, 0.25) is 0 Å². The van der Waals surface area contributed by atoms with E-state index in [1.54, 1.807) is 19.9 Å². The van der Waals surface area contributed by atoms with Crippen molar-refractivity contribution in [3.63, 3.8) is 0 Å². The molecular formula is C11H16O3. The highest BCUT2D eigenvalue weighted by Gasteiger charge is 2.16. The summed E-state index contributed by atoms with van der Waals surface area (Å²) < 4.78 is 0. The van der Waals surface area contributed by atoms with Crippen molar-refractivity contribution in [2.45, 2.75) is 26.7 Å². The first-order valence-electron chi connectivity index (χ1n) is 4.62. The lowest BCUT2D eigenvalue weighted by Crippen LogP contribution is -2.00. The molecule has 0 saturated carbocycles. The molecule has 3 N–H and O–H groups in total. The van der Waals surface area contributed by atoms with Gasteiger partial charge >= 0.3 is 0 Å². The van der Waals surface area contributed by atoms with Gasteiger partial charge in [-0.1, -0.05) is 13.0 Å². The van der Waals surface area contributed by atoms with Crippen LogP contribution in [0.4, 0.5) is 0 Å². The Balaban J connectivity index is 3.33. The van der Waals surface area contributed by atoms with Crippen LogP contribution in [0.25, 0.3) is 0 Å². The Hall–Kier alpha value is -1.22. The van der Waals surface area contributed by atoms with E-state index in [4.69, 9.17) is 5.11 Å². The zero-order valence-corrected chi connectivity index (χ0v) is 8.70. The molecule has 1 atom stereocenters. The molecule has 0 saturated heterocycles. The Bertz CT molecular complexity index is 345. The first kappa shape index (κ1) is 10.9. The van der Waals surface area contributed by atoms with Gasteiger partial charge < -0.3 is 15.3 Å². The Labute approximate surface area is 83.6 Å². The first-order valence-corrected chi connectivity index (χ1v) is 4.62. The van der Waals surface area contributed by atoms with Crippen LogP contribution < -0.4 is 0 Å². The van der Waals surface area contributed by atoms with E-state index in [9.17, 15) is 10.2 Å². The van der Waals surface area contributed by atoms with E-state index in [0.29, 0.717) is 11.1 Å². The Morgan fingerprint density at radius 1 is 1.21 bits per heavy atom. The van der Waals surface area contributed by atoms with Crippen LogP contribution in [0.2, 0.25) is 0 Å². The molecule has 0 aromatic heterocycles. The second-order valence-corrected chi connectivity index (χ2v) is 3.69. The summed E-state index contributed by atoms with van der Waals surface area (Å²) in [5, 5.41) is 28.2. The van der Waals surface area contributed by atoms with E-state index < -0.39 is 0 Å². The smallest absolute Gasteiger partial charge is 0.161 e. The van der Waals surface area contributed by atoms with Crippen LogP contribution in [0, 0.1) is 13.8 Å². The average Bonchev–Trinajstić information content (AvgIpc) is 2.19. The van der Waals surface area contributed by atoms with Crippen LogP contribution >= 0.6 is 0 Å². The molecule has 1 aromatic rings. The fraction of sp³-hybridized carbons (Fsp3) is 0.455. The van der Waals surface area contributed by atoms with Crippen LogP contribution in [0.15, 0.2) is 6.07 Å². The van der Waals surface area contributed by atoms with E-state index in [1.165, 1.54) is 0 Å². The maximum absolute atomic E-state index is 9.64. The number of aryl methyl sites for hydroxylation is 1. The van der Waals surface area contributed by atoms with Crippen molar-refractivity contribution in [1.29, 1.82) is 0 Å². The number of phenols is 2. The summed E-state index contributed by atoms with van der Waals surface area (Å²) in [6.07, 6.45) is 0. The van der Waals surface area contributed by atoms with Crippen LogP contribution in [0.1, 0.15) is 29.5 Å². The predicted molar refractivity (Wildman–Crippen MR) is 54.7 cm³/mol. The fourth-order valence-corrected chi connectivity index (χ4v) is 1.38. The van der Waals surface area contributed by atoms with Crippen molar-refractivity contribution >= 4 is 0 Å². The summed E-state index contributed by atoms with van der Waals surface area (Å²) in [6.45, 7) is 5.36. The van der Waals surface area contributed by atoms with E-state index in [1.807, 2.05) is 6.92 Å². The topological polar surface area (TPSA) is 60.7 Å². The molecule has 1 unspecified atom stereocenters. The lowest BCUT2D eigenvalue weighted by Gasteiger charge is -2.15. The van der Waals surface area contributed by atoms with Gasteiger partial charge in [-0.15, -0.1) is 0 Å². The Kier molecular flexibility index (Phi) is 3.01. The molecule has 78 valence electrons. The molecule has 0 fully saturated rings. The van der Waals surface area contributed by atoms with Gasteiger partial charge in [-0.05, 0) is 25.0 Å². The quantitative estimate of drug-likeness (QED) is 0.632. The molecule has 3 nitrogen and oxygen atoms in total. The van der Waals surface area contributed by atoms with Gasteiger partial charge in [0.25, 0.3) is 0 Å². The van der Waals surface area contributed by atoms with Crippen molar-refractivity contribution in [2.24, 2.45) is 0 Å². The third-order valence-electron chi connectivity index (χ3n) is 2.62. The van der Waals surface area contributed by atoms with E-state index in [-0.39, 0.29) is 24.0 Å². The second kappa shape index (κ2) is 3.88. The number of rotatable bonds is 2. The number of aliphatic hydroxyl groups is 1. The lowest BCUT2D eigenvalue weighted by molar-refractivity contribution is 0.269. The second-order valence-electron chi connectivity index (χ2n) is 3.69. The van der Waals surface area contributed by atoms with Gasteiger partial charge in [-0.3, -0.25) is 0 Å². The molecule has 0 spiro atoms. The fourth-order valence-electron chi connectivity index (χ4n) is 1.38. The van der Waals surface area contributed by atoms with E-state index >= 15 is 0 Å². The van der Waals surface area contributed by atoms with Crippen LogP contribution in [-0.4, -0.2) is 21.9 Å². The van der Waals surface area contributed by atoms with E-state index in [0.717, 1.165) is 5.56 Å². The highest BCUT2D eigenvalue weighted by atomic mass is 16.3. The van der Waals surface area contributed by atoms with Gasteiger partial charge in [0.1, 0.15) is 0 Å². The normalized spacial score (nSPS) is 12.9. The third-order valence-corrected chi connectivity index (χ3v) is 2.62. The maximum Gasteiger partial charge on any atom is 0.161 e.